The fourth-order valence-corrected chi connectivity index (χ4v) is 6.84. The van der Waals surface area contributed by atoms with Gasteiger partial charge in [0.2, 0.25) is 5.96 Å². The smallest absolute Gasteiger partial charge is 0.334 e. The van der Waals surface area contributed by atoms with Crippen molar-refractivity contribution >= 4 is 29.3 Å². The van der Waals surface area contributed by atoms with E-state index in [0.29, 0.717) is 35.2 Å². The molecule has 4 N–H and O–H groups in total. The first-order valence-corrected chi connectivity index (χ1v) is 14.8. The summed E-state index contributed by atoms with van der Waals surface area (Å²) in [6.07, 6.45) is 12.4. The maximum Gasteiger partial charge on any atom is 0.334 e. The maximum atomic E-state index is 12.1. The normalized spacial score (nSPS) is 23.0. The highest BCUT2D eigenvalue weighted by Crippen LogP contribution is 2.40. The van der Waals surface area contributed by atoms with Crippen LogP contribution in [0.25, 0.3) is 0 Å². The number of nitrogens with one attached hydrogen (secondary N) is 2. The molecule has 1 saturated carbocycles. The molecule has 2 heterocycles. The first-order valence-electron chi connectivity index (χ1n) is 14.8. The maximum absolute atomic E-state index is 12.1. The molecule has 0 radical (unpaired) electrons. The van der Waals surface area contributed by atoms with Crippen molar-refractivity contribution in [3.8, 4) is 6.19 Å². The third-order valence-corrected chi connectivity index (χ3v) is 8.86. The Labute approximate surface area is 242 Å². The zero-order valence-corrected chi connectivity index (χ0v) is 24.1. The first-order chi connectivity index (χ1) is 19.8. The molecule has 0 amide bonds. The van der Waals surface area contributed by atoms with E-state index in [0.717, 1.165) is 37.9 Å². The molecule has 0 bridgehead atoms. The number of aliphatic imine (C=N–C) groups is 2. The molecule has 1 aromatic carbocycles. The second-order valence-electron chi connectivity index (χ2n) is 11.5. The van der Waals surface area contributed by atoms with Crippen molar-refractivity contribution in [1.82, 2.24) is 10.2 Å². The van der Waals surface area contributed by atoms with E-state index in [1.165, 1.54) is 44.9 Å². The number of piperidine rings is 1. The standard InChI is InChI=1S/C31H42N6O4/c1-20-26(29(38)39)28(27(30(40)41)21(2)35-20)24-10-6-11-25(18-24)36-31(34-19-32)33-14-7-15-37-16-12-23(13-17-37)22-8-4-3-5-9-22/h6,10-11,18,22-23,26,28H,3-5,7-9,12-17H2,1-2H3,(H,38,39)(H,40,41)(H2,33,34,36). The van der Waals surface area contributed by atoms with Crippen LogP contribution in [0.15, 0.2) is 45.5 Å². The molecule has 2 aliphatic heterocycles. The van der Waals surface area contributed by atoms with Crippen molar-refractivity contribution in [1.29, 1.82) is 5.26 Å². The van der Waals surface area contributed by atoms with Crippen LogP contribution in [-0.2, 0) is 9.59 Å². The third kappa shape index (κ3) is 7.73. The van der Waals surface area contributed by atoms with Gasteiger partial charge in [0.15, 0.2) is 6.19 Å². The molecule has 1 aromatic rings. The SMILES string of the molecule is CC1=NC(C)=C(C(=O)O)C(c2cccc(NC(=NCCCN3CCC(C4CCCCC4)CC3)NC#N)c2)C1C(=O)O. The van der Waals surface area contributed by atoms with E-state index in [9.17, 15) is 25.1 Å². The Morgan fingerprint density at radius 1 is 1.10 bits per heavy atom. The highest BCUT2D eigenvalue weighted by Gasteiger charge is 2.41. The Morgan fingerprint density at radius 2 is 1.80 bits per heavy atom. The van der Waals surface area contributed by atoms with E-state index in [1.54, 1.807) is 38.1 Å². The summed E-state index contributed by atoms with van der Waals surface area (Å²) in [5.74, 6) is -2.22. The molecule has 0 aromatic heterocycles. The number of rotatable bonds is 9. The molecule has 2 atom stereocenters. The van der Waals surface area contributed by atoms with Gasteiger partial charge in [0.1, 0.15) is 5.92 Å². The molecule has 41 heavy (non-hydrogen) atoms. The molecule has 0 spiro atoms. The Bertz CT molecular complexity index is 1240. The van der Waals surface area contributed by atoms with Gasteiger partial charge in [-0.05, 0) is 82.3 Å². The van der Waals surface area contributed by atoms with Gasteiger partial charge in [-0.15, -0.1) is 0 Å². The number of allylic oxidation sites excluding steroid dienone is 1. The van der Waals surface area contributed by atoms with Gasteiger partial charge >= 0.3 is 11.9 Å². The average Bonchev–Trinajstić information content (AvgIpc) is 2.95. The number of benzene rings is 1. The van der Waals surface area contributed by atoms with Gasteiger partial charge in [-0.25, -0.2) is 4.79 Å². The number of aliphatic carboxylic acids is 2. The van der Waals surface area contributed by atoms with Gasteiger partial charge in [-0.1, -0.05) is 44.2 Å². The number of nitriles is 1. The Balaban J connectivity index is 1.37. The van der Waals surface area contributed by atoms with Crippen LogP contribution >= 0.6 is 0 Å². The van der Waals surface area contributed by atoms with Crippen LogP contribution in [0, 0.1) is 29.2 Å². The largest absolute Gasteiger partial charge is 0.481 e. The van der Waals surface area contributed by atoms with Crippen molar-refractivity contribution in [2.24, 2.45) is 27.7 Å². The van der Waals surface area contributed by atoms with Gasteiger partial charge in [0.25, 0.3) is 0 Å². The highest BCUT2D eigenvalue weighted by atomic mass is 16.4. The van der Waals surface area contributed by atoms with Crippen molar-refractivity contribution < 1.29 is 19.8 Å². The summed E-state index contributed by atoms with van der Waals surface area (Å²) in [4.78, 5) is 35.5. The monoisotopic (exact) mass is 562 g/mol. The molecule has 1 saturated heterocycles. The van der Waals surface area contributed by atoms with Gasteiger partial charge in [-0.3, -0.25) is 20.1 Å². The minimum atomic E-state index is -1.19. The lowest BCUT2D eigenvalue weighted by Gasteiger charge is -2.37. The summed E-state index contributed by atoms with van der Waals surface area (Å²) in [7, 11) is 0. The van der Waals surface area contributed by atoms with Crippen LogP contribution < -0.4 is 10.6 Å². The number of carbonyl (C=O) groups is 2. The Kier molecular flexibility index (Phi) is 10.5. The quantitative estimate of drug-likeness (QED) is 0.110. The number of carboxylic acids is 2. The Morgan fingerprint density at radius 3 is 2.46 bits per heavy atom. The zero-order valence-electron chi connectivity index (χ0n) is 24.1. The van der Waals surface area contributed by atoms with Crippen LogP contribution in [-0.4, -0.2) is 64.9 Å². The second kappa shape index (κ2) is 14.3. The summed E-state index contributed by atoms with van der Waals surface area (Å²) >= 11 is 0. The molecule has 220 valence electrons. The van der Waals surface area contributed by atoms with E-state index in [4.69, 9.17) is 0 Å². The van der Waals surface area contributed by atoms with E-state index in [-0.39, 0.29) is 5.57 Å². The summed E-state index contributed by atoms with van der Waals surface area (Å²) in [5.41, 5.74) is 1.71. The number of carboxylic acid groups (broad SMARTS) is 2. The summed E-state index contributed by atoms with van der Waals surface area (Å²) in [6.45, 7) is 7.00. The van der Waals surface area contributed by atoms with Gasteiger partial charge in [0, 0.05) is 29.6 Å². The second-order valence-corrected chi connectivity index (χ2v) is 11.5. The van der Waals surface area contributed by atoms with Gasteiger partial charge in [0.05, 0.1) is 5.57 Å². The fourth-order valence-electron chi connectivity index (χ4n) is 6.84. The molecule has 1 aliphatic carbocycles. The zero-order chi connectivity index (χ0) is 29.4. The average molecular weight is 563 g/mol. The lowest BCUT2D eigenvalue weighted by atomic mass is 9.75. The van der Waals surface area contributed by atoms with Crippen LogP contribution in [0.3, 0.4) is 0 Å². The molecule has 2 unspecified atom stereocenters. The fraction of sp³-hybridized carbons (Fsp3) is 0.581. The van der Waals surface area contributed by atoms with Crippen LogP contribution in [0.5, 0.6) is 0 Å². The third-order valence-electron chi connectivity index (χ3n) is 8.86. The predicted molar refractivity (Wildman–Crippen MR) is 159 cm³/mol. The molecular weight excluding hydrogens is 520 g/mol. The summed E-state index contributed by atoms with van der Waals surface area (Å²) in [6, 6.07) is 6.92. The molecule has 2 fully saturated rings. The van der Waals surface area contributed by atoms with Crippen molar-refractivity contribution in [2.75, 3.05) is 31.5 Å². The van der Waals surface area contributed by atoms with Crippen LogP contribution in [0.4, 0.5) is 5.69 Å². The molecule has 10 heteroatoms. The number of nitrogens with zero attached hydrogens (tertiary/aromatic N) is 4. The van der Waals surface area contributed by atoms with E-state index >= 15 is 0 Å². The topological polar surface area (TPSA) is 150 Å². The van der Waals surface area contributed by atoms with Crippen molar-refractivity contribution in [3.05, 3.63) is 41.1 Å². The van der Waals surface area contributed by atoms with E-state index in [1.807, 2.05) is 6.19 Å². The van der Waals surface area contributed by atoms with Crippen molar-refractivity contribution in [3.63, 3.8) is 0 Å². The number of hydrogen-bond acceptors (Lipinski definition) is 6. The highest BCUT2D eigenvalue weighted by molar-refractivity contribution is 6.06. The van der Waals surface area contributed by atoms with Crippen LogP contribution in [0.2, 0.25) is 0 Å². The number of likely N-dealkylation sites (tertiary alicyclic amines) is 1. The molecule has 10 nitrogen and oxygen atoms in total. The summed E-state index contributed by atoms with van der Waals surface area (Å²) < 4.78 is 0. The minimum Gasteiger partial charge on any atom is -0.481 e. The Hall–Kier alpha value is -3.71. The molecule has 3 aliphatic rings. The number of guanidine groups is 1. The minimum absolute atomic E-state index is 0.0352. The first kappa shape index (κ1) is 30.3. The predicted octanol–water partition coefficient (Wildman–Crippen LogP) is 4.83. The molecular formula is C31H42N6O4. The lowest BCUT2D eigenvalue weighted by molar-refractivity contribution is -0.140. The van der Waals surface area contributed by atoms with Crippen molar-refractivity contribution in [2.45, 2.75) is 71.1 Å². The number of hydrogen-bond donors (Lipinski definition) is 4. The van der Waals surface area contributed by atoms with Gasteiger partial charge in [-0.2, -0.15) is 5.26 Å². The van der Waals surface area contributed by atoms with E-state index < -0.39 is 23.8 Å². The molecule has 4 rings (SSSR count). The van der Waals surface area contributed by atoms with E-state index in [2.05, 4.69) is 25.5 Å². The van der Waals surface area contributed by atoms with Gasteiger partial charge < -0.3 is 20.4 Å². The lowest BCUT2D eigenvalue weighted by Crippen LogP contribution is -2.37. The number of anilines is 1. The summed E-state index contributed by atoms with van der Waals surface area (Å²) in [5, 5.41) is 34.8. The van der Waals surface area contributed by atoms with Crippen LogP contribution in [0.1, 0.15) is 76.7 Å².